The summed E-state index contributed by atoms with van der Waals surface area (Å²) in [6.45, 7) is 7.35. The molecule has 2 rings (SSSR count). The Morgan fingerprint density at radius 2 is 1.95 bits per heavy atom. The highest BCUT2D eigenvalue weighted by molar-refractivity contribution is 7.89. The van der Waals surface area contributed by atoms with Gasteiger partial charge in [0.1, 0.15) is 4.90 Å². The van der Waals surface area contributed by atoms with Crippen molar-refractivity contribution in [3.8, 4) is 0 Å². The normalized spacial score (nSPS) is 20.1. The maximum atomic E-state index is 12.8. The van der Waals surface area contributed by atoms with Crippen molar-refractivity contribution in [2.45, 2.75) is 31.2 Å². The largest absolute Gasteiger partial charge is 0.387 e. The van der Waals surface area contributed by atoms with E-state index in [2.05, 4.69) is 24.1 Å². The molecule has 0 radical (unpaired) electrons. The third-order valence-corrected chi connectivity index (χ3v) is 6.15. The average Bonchev–Trinajstić information content (AvgIpc) is 2.99. The van der Waals surface area contributed by atoms with Crippen LogP contribution in [0.4, 0.5) is 5.69 Å². The van der Waals surface area contributed by atoms with Gasteiger partial charge >= 0.3 is 0 Å². The Balaban J connectivity index is 2.22. The molecule has 5 nitrogen and oxygen atoms in total. The summed E-state index contributed by atoms with van der Waals surface area (Å²) in [5.41, 5.74) is 0.656. The highest BCUT2D eigenvalue weighted by atomic mass is 32.2. The second kappa shape index (κ2) is 6.77. The van der Waals surface area contributed by atoms with Crippen molar-refractivity contribution in [1.29, 1.82) is 0 Å². The van der Waals surface area contributed by atoms with Gasteiger partial charge < -0.3 is 5.32 Å². The zero-order chi connectivity index (χ0) is 15.5. The summed E-state index contributed by atoms with van der Waals surface area (Å²) in [5, 5.41) is 2.97. The minimum absolute atomic E-state index is 0.330. The molecule has 1 saturated heterocycles. The van der Waals surface area contributed by atoms with Crippen LogP contribution < -0.4 is 5.32 Å². The first-order chi connectivity index (χ1) is 10.0. The van der Waals surface area contributed by atoms with Crippen LogP contribution in [0.1, 0.15) is 20.3 Å². The number of sulfonamides is 1. The van der Waals surface area contributed by atoms with Crippen molar-refractivity contribution in [2.24, 2.45) is 0 Å². The van der Waals surface area contributed by atoms with Crippen LogP contribution in [0.2, 0.25) is 0 Å². The van der Waals surface area contributed by atoms with E-state index < -0.39 is 10.0 Å². The van der Waals surface area contributed by atoms with Crippen LogP contribution in [0, 0.1) is 0 Å². The third kappa shape index (κ3) is 3.22. The molecule has 1 heterocycles. The molecule has 1 aliphatic heterocycles. The van der Waals surface area contributed by atoms with E-state index in [0.717, 1.165) is 19.5 Å². The van der Waals surface area contributed by atoms with Gasteiger partial charge in [-0.05, 0) is 31.6 Å². The molecule has 0 bridgehead atoms. The lowest BCUT2D eigenvalue weighted by atomic mass is 10.2. The molecule has 1 aliphatic rings. The number of nitrogens with one attached hydrogen (secondary N) is 1. The van der Waals surface area contributed by atoms with Crippen molar-refractivity contribution >= 4 is 15.7 Å². The maximum absolute atomic E-state index is 12.8. The minimum atomic E-state index is -3.42. The predicted molar refractivity (Wildman–Crippen MR) is 86.1 cm³/mol. The summed E-state index contributed by atoms with van der Waals surface area (Å²) in [6, 6.07) is 7.41. The minimum Gasteiger partial charge on any atom is -0.387 e. The lowest BCUT2D eigenvalue weighted by Gasteiger charge is -2.26. The van der Waals surface area contributed by atoms with E-state index in [0.29, 0.717) is 29.7 Å². The number of para-hydroxylation sites is 1. The average molecular weight is 311 g/mol. The first-order valence-corrected chi connectivity index (χ1v) is 8.99. The quantitative estimate of drug-likeness (QED) is 0.871. The van der Waals surface area contributed by atoms with Crippen molar-refractivity contribution in [2.75, 3.05) is 38.5 Å². The standard InChI is InChI=1S/C15H25N3O2S/c1-4-17(5-2)13-10-11-18(12-13)21(19,20)15-9-7-6-8-14(15)16-3/h6-9,13,16H,4-5,10-12H2,1-3H3. The lowest BCUT2D eigenvalue weighted by molar-refractivity contribution is 0.224. The van der Waals surface area contributed by atoms with Crippen LogP contribution in [-0.2, 0) is 10.0 Å². The van der Waals surface area contributed by atoms with E-state index in [9.17, 15) is 8.42 Å². The summed E-state index contributed by atoms with van der Waals surface area (Å²) in [4.78, 5) is 2.70. The van der Waals surface area contributed by atoms with Gasteiger partial charge in [-0.25, -0.2) is 8.42 Å². The molecule has 1 fully saturated rings. The molecule has 6 heteroatoms. The Kier molecular flexibility index (Phi) is 5.24. The fourth-order valence-electron chi connectivity index (χ4n) is 3.00. The molecular formula is C15H25N3O2S. The topological polar surface area (TPSA) is 52.7 Å². The van der Waals surface area contributed by atoms with E-state index in [4.69, 9.17) is 0 Å². The Morgan fingerprint density at radius 1 is 1.29 bits per heavy atom. The Hall–Kier alpha value is -1.11. The molecule has 1 aromatic rings. The number of rotatable bonds is 6. The fourth-order valence-corrected chi connectivity index (χ4v) is 4.70. The van der Waals surface area contributed by atoms with Gasteiger partial charge in [0.2, 0.25) is 10.0 Å². The van der Waals surface area contributed by atoms with E-state index in [1.165, 1.54) is 0 Å². The maximum Gasteiger partial charge on any atom is 0.245 e. The Labute approximate surface area is 128 Å². The van der Waals surface area contributed by atoms with Gasteiger partial charge in [-0.3, -0.25) is 4.90 Å². The van der Waals surface area contributed by atoms with Crippen molar-refractivity contribution in [3.63, 3.8) is 0 Å². The molecule has 0 spiro atoms. The fraction of sp³-hybridized carbons (Fsp3) is 0.600. The van der Waals surface area contributed by atoms with Gasteiger partial charge in [0.25, 0.3) is 0 Å². The molecule has 21 heavy (non-hydrogen) atoms. The second-order valence-electron chi connectivity index (χ2n) is 5.27. The van der Waals surface area contributed by atoms with Gasteiger partial charge in [-0.1, -0.05) is 26.0 Å². The number of anilines is 1. The van der Waals surface area contributed by atoms with Crippen LogP contribution in [0.3, 0.4) is 0 Å². The molecule has 1 unspecified atom stereocenters. The molecule has 0 aromatic heterocycles. The first kappa shape index (κ1) is 16.3. The highest BCUT2D eigenvalue weighted by Gasteiger charge is 2.35. The van der Waals surface area contributed by atoms with Gasteiger partial charge in [0, 0.05) is 26.2 Å². The Bertz CT molecular complexity index is 570. The smallest absolute Gasteiger partial charge is 0.245 e. The van der Waals surface area contributed by atoms with Gasteiger partial charge in [0.15, 0.2) is 0 Å². The molecule has 0 aliphatic carbocycles. The summed E-state index contributed by atoms with van der Waals surface area (Å²) >= 11 is 0. The Morgan fingerprint density at radius 3 is 2.57 bits per heavy atom. The summed E-state index contributed by atoms with van der Waals surface area (Å²) in [6.07, 6.45) is 0.905. The number of likely N-dealkylation sites (N-methyl/N-ethyl adjacent to an activating group) is 1. The van der Waals surface area contributed by atoms with Crippen molar-refractivity contribution in [1.82, 2.24) is 9.21 Å². The second-order valence-corrected chi connectivity index (χ2v) is 7.18. The van der Waals surface area contributed by atoms with Crippen LogP contribution in [0.15, 0.2) is 29.2 Å². The van der Waals surface area contributed by atoms with E-state index >= 15 is 0 Å². The number of benzene rings is 1. The molecule has 1 aromatic carbocycles. The van der Waals surface area contributed by atoms with E-state index in [-0.39, 0.29) is 0 Å². The highest BCUT2D eigenvalue weighted by Crippen LogP contribution is 2.28. The number of hydrogen-bond donors (Lipinski definition) is 1. The molecule has 1 N–H and O–H groups in total. The summed E-state index contributed by atoms with van der Waals surface area (Å²) < 4.78 is 27.3. The van der Waals surface area contributed by atoms with Crippen LogP contribution in [-0.4, -0.2) is 56.9 Å². The zero-order valence-electron chi connectivity index (χ0n) is 13.0. The van der Waals surface area contributed by atoms with Crippen molar-refractivity contribution in [3.05, 3.63) is 24.3 Å². The van der Waals surface area contributed by atoms with Crippen LogP contribution in [0.25, 0.3) is 0 Å². The first-order valence-electron chi connectivity index (χ1n) is 7.55. The zero-order valence-corrected chi connectivity index (χ0v) is 13.9. The molecule has 0 saturated carbocycles. The molecule has 1 atom stereocenters. The van der Waals surface area contributed by atoms with Crippen LogP contribution in [0.5, 0.6) is 0 Å². The molecule has 0 amide bonds. The van der Waals surface area contributed by atoms with Gasteiger partial charge in [-0.2, -0.15) is 4.31 Å². The monoisotopic (exact) mass is 311 g/mol. The third-order valence-electron chi connectivity index (χ3n) is 4.23. The molecule has 118 valence electrons. The van der Waals surface area contributed by atoms with Gasteiger partial charge in [-0.15, -0.1) is 0 Å². The number of hydrogen-bond acceptors (Lipinski definition) is 4. The molecular weight excluding hydrogens is 286 g/mol. The number of nitrogens with zero attached hydrogens (tertiary/aromatic N) is 2. The SMILES string of the molecule is CCN(CC)C1CCN(S(=O)(=O)c2ccccc2NC)C1. The van der Waals surface area contributed by atoms with E-state index in [1.54, 1.807) is 29.6 Å². The summed E-state index contributed by atoms with van der Waals surface area (Å²) in [7, 11) is -1.67. The van der Waals surface area contributed by atoms with E-state index in [1.807, 2.05) is 6.07 Å². The van der Waals surface area contributed by atoms with Gasteiger partial charge in [0.05, 0.1) is 5.69 Å². The lowest BCUT2D eigenvalue weighted by Crippen LogP contribution is -2.38. The van der Waals surface area contributed by atoms with Crippen molar-refractivity contribution < 1.29 is 8.42 Å². The summed E-state index contributed by atoms with van der Waals surface area (Å²) in [5.74, 6) is 0. The van der Waals surface area contributed by atoms with Crippen LogP contribution >= 0.6 is 0 Å². The predicted octanol–water partition coefficient (Wildman–Crippen LogP) is 1.83.